The van der Waals surface area contributed by atoms with Crippen molar-refractivity contribution >= 4 is 23.6 Å². The molecular weight excluding hydrogens is 292 g/mol. The summed E-state index contributed by atoms with van der Waals surface area (Å²) in [7, 11) is 0. The second kappa shape index (κ2) is 8.52. The Balaban J connectivity index is 2.44. The van der Waals surface area contributed by atoms with Gasteiger partial charge in [-0.3, -0.25) is 4.79 Å². The lowest BCUT2D eigenvalue weighted by Gasteiger charge is -2.17. The molecule has 1 rings (SSSR count). The molecule has 5 nitrogen and oxygen atoms in total. The summed E-state index contributed by atoms with van der Waals surface area (Å²) in [4.78, 5) is 22.5. The third-order valence-electron chi connectivity index (χ3n) is 3.29. The molecule has 116 valence electrons. The quantitative estimate of drug-likeness (QED) is 0.723. The number of nitrogens with one attached hydrogen (secondary N) is 2. The Hall–Kier alpha value is -1.75. The zero-order chi connectivity index (χ0) is 15.8. The van der Waals surface area contributed by atoms with Gasteiger partial charge in [-0.05, 0) is 30.5 Å². The van der Waals surface area contributed by atoms with Crippen LogP contribution in [0.25, 0.3) is 0 Å². The van der Waals surface area contributed by atoms with Crippen molar-refractivity contribution in [2.45, 2.75) is 32.7 Å². The van der Waals surface area contributed by atoms with Crippen molar-refractivity contribution in [3.8, 4) is 0 Å². The smallest absolute Gasteiger partial charge is 0.315 e. The number of carbonyl (C=O) groups is 2. The normalized spacial score (nSPS) is 13.3. The van der Waals surface area contributed by atoms with Crippen molar-refractivity contribution in [1.29, 1.82) is 0 Å². The fourth-order valence-corrected chi connectivity index (χ4v) is 2.15. The zero-order valence-electron chi connectivity index (χ0n) is 12.2. The number of amides is 2. The molecule has 2 atom stereocenters. The molecule has 0 heterocycles. The lowest BCUT2D eigenvalue weighted by atomic mass is 10.0. The first-order valence-corrected chi connectivity index (χ1v) is 7.31. The van der Waals surface area contributed by atoms with E-state index >= 15 is 0 Å². The fraction of sp³-hybridized carbons (Fsp3) is 0.467. The second-order valence-electron chi connectivity index (χ2n) is 5.00. The van der Waals surface area contributed by atoms with Crippen molar-refractivity contribution in [2.75, 3.05) is 6.54 Å². The molecule has 0 spiro atoms. The number of aliphatic carboxylic acids is 1. The van der Waals surface area contributed by atoms with Gasteiger partial charge in [-0.2, -0.15) is 0 Å². The number of rotatable bonds is 7. The van der Waals surface area contributed by atoms with E-state index < -0.39 is 5.97 Å². The SMILES string of the molecule is CCC(CNC(=O)NC(C)c1cccc(Cl)c1)CC(=O)O. The van der Waals surface area contributed by atoms with Gasteiger partial charge in [0.1, 0.15) is 0 Å². The van der Waals surface area contributed by atoms with Crippen molar-refractivity contribution < 1.29 is 14.7 Å². The summed E-state index contributed by atoms with van der Waals surface area (Å²) < 4.78 is 0. The summed E-state index contributed by atoms with van der Waals surface area (Å²) in [5.41, 5.74) is 0.912. The zero-order valence-corrected chi connectivity index (χ0v) is 13.0. The molecule has 0 saturated carbocycles. The summed E-state index contributed by atoms with van der Waals surface area (Å²) in [6.45, 7) is 4.11. The van der Waals surface area contributed by atoms with Gasteiger partial charge in [0.15, 0.2) is 0 Å². The summed E-state index contributed by atoms with van der Waals surface area (Å²) in [6, 6.07) is 6.79. The Morgan fingerprint density at radius 2 is 2.10 bits per heavy atom. The molecule has 21 heavy (non-hydrogen) atoms. The molecule has 1 aromatic carbocycles. The number of carbonyl (C=O) groups excluding carboxylic acids is 1. The highest BCUT2D eigenvalue weighted by Crippen LogP contribution is 2.17. The average molecular weight is 313 g/mol. The minimum Gasteiger partial charge on any atom is -0.481 e. The topological polar surface area (TPSA) is 78.4 Å². The van der Waals surface area contributed by atoms with Gasteiger partial charge in [-0.15, -0.1) is 0 Å². The van der Waals surface area contributed by atoms with Gasteiger partial charge in [0.2, 0.25) is 0 Å². The molecule has 1 aromatic rings. The molecule has 0 aromatic heterocycles. The molecular formula is C15H21ClN2O3. The van der Waals surface area contributed by atoms with Gasteiger partial charge in [0, 0.05) is 18.0 Å². The summed E-state index contributed by atoms with van der Waals surface area (Å²) in [6.07, 6.45) is 0.761. The van der Waals surface area contributed by atoms with E-state index in [-0.39, 0.29) is 24.4 Å². The van der Waals surface area contributed by atoms with E-state index in [9.17, 15) is 9.59 Å². The predicted molar refractivity (Wildman–Crippen MR) is 82.4 cm³/mol. The van der Waals surface area contributed by atoms with E-state index in [1.807, 2.05) is 26.0 Å². The maximum Gasteiger partial charge on any atom is 0.315 e. The molecule has 0 bridgehead atoms. The lowest BCUT2D eigenvalue weighted by molar-refractivity contribution is -0.138. The van der Waals surface area contributed by atoms with Crippen LogP contribution in [0.3, 0.4) is 0 Å². The maximum atomic E-state index is 11.8. The number of carboxylic acids is 1. The average Bonchev–Trinajstić information content (AvgIpc) is 2.43. The minimum atomic E-state index is -0.851. The van der Waals surface area contributed by atoms with E-state index in [0.29, 0.717) is 18.0 Å². The molecule has 0 aliphatic carbocycles. The van der Waals surface area contributed by atoms with Crippen molar-refractivity contribution in [3.05, 3.63) is 34.9 Å². The van der Waals surface area contributed by atoms with Crippen LogP contribution >= 0.6 is 11.6 Å². The number of carboxylic acid groups (broad SMARTS) is 1. The molecule has 0 radical (unpaired) electrons. The Morgan fingerprint density at radius 1 is 1.38 bits per heavy atom. The third kappa shape index (κ3) is 6.49. The second-order valence-corrected chi connectivity index (χ2v) is 5.44. The van der Waals surface area contributed by atoms with Crippen molar-refractivity contribution in [3.63, 3.8) is 0 Å². The van der Waals surface area contributed by atoms with Gasteiger partial charge >= 0.3 is 12.0 Å². The highest BCUT2D eigenvalue weighted by atomic mass is 35.5. The van der Waals surface area contributed by atoms with E-state index in [1.54, 1.807) is 12.1 Å². The Kier molecular flexibility index (Phi) is 7.02. The Morgan fingerprint density at radius 3 is 2.67 bits per heavy atom. The van der Waals surface area contributed by atoms with E-state index in [4.69, 9.17) is 16.7 Å². The minimum absolute atomic E-state index is 0.0562. The van der Waals surface area contributed by atoms with Crippen LogP contribution in [0.1, 0.15) is 38.3 Å². The molecule has 0 aliphatic heterocycles. The number of urea groups is 1. The number of halogens is 1. The van der Waals surface area contributed by atoms with Gasteiger partial charge in [-0.1, -0.05) is 37.1 Å². The first-order chi connectivity index (χ1) is 9.92. The molecule has 3 N–H and O–H groups in total. The predicted octanol–water partition coefficient (Wildman–Crippen LogP) is 3.20. The van der Waals surface area contributed by atoms with Gasteiger partial charge in [0.25, 0.3) is 0 Å². The first kappa shape index (κ1) is 17.3. The van der Waals surface area contributed by atoms with Crippen LogP contribution in [0, 0.1) is 5.92 Å². The molecule has 0 aliphatic rings. The standard InChI is InChI=1S/C15H21ClN2O3/c1-3-11(7-14(19)20)9-17-15(21)18-10(2)12-5-4-6-13(16)8-12/h4-6,8,10-11H,3,7,9H2,1-2H3,(H,19,20)(H2,17,18,21). The van der Waals surface area contributed by atoms with E-state index in [0.717, 1.165) is 5.56 Å². The summed E-state index contributed by atoms with van der Waals surface area (Å²) in [5, 5.41) is 14.9. The van der Waals surface area contributed by atoms with Crippen LogP contribution in [0.15, 0.2) is 24.3 Å². The van der Waals surface area contributed by atoms with Crippen LogP contribution in [-0.4, -0.2) is 23.7 Å². The molecule has 2 unspecified atom stereocenters. The fourth-order valence-electron chi connectivity index (χ4n) is 1.95. The monoisotopic (exact) mass is 312 g/mol. The molecule has 6 heteroatoms. The largest absolute Gasteiger partial charge is 0.481 e. The first-order valence-electron chi connectivity index (χ1n) is 6.94. The Labute approximate surface area is 129 Å². The lowest BCUT2D eigenvalue weighted by Crippen LogP contribution is -2.39. The highest BCUT2D eigenvalue weighted by Gasteiger charge is 2.14. The van der Waals surface area contributed by atoms with Gasteiger partial charge in [-0.25, -0.2) is 4.79 Å². The van der Waals surface area contributed by atoms with Crippen molar-refractivity contribution in [2.24, 2.45) is 5.92 Å². The highest BCUT2D eigenvalue weighted by molar-refractivity contribution is 6.30. The molecule has 2 amide bonds. The molecule has 0 saturated heterocycles. The van der Waals surface area contributed by atoms with Crippen molar-refractivity contribution in [1.82, 2.24) is 10.6 Å². The van der Waals surface area contributed by atoms with Crippen LogP contribution in [-0.2, 0) is 4.79 Å². The number of hydrogen-bond donors (Lipinski definition) is 3. The maximum absolute atomic E-state index is 11.8. The summed E-state index contributed by atoms with van der Waals surface area (Å²) in [5.74, 6) is -0.911. The van der Waals surface area contributed by atoms with Crippen LogP contribution in [0.4, 0.5) is 4.79 Å². The molecule has 0 fully saturated rings. The van der Waals surface area contributed by atoms with Crippen LogP contribution in [0.2, 0.25) is 5.02 Å². The van der Waals surface area contributed by atoms with Crippen LogP contribution in [0.5, 0.6) is 0 Å². The van der Waals surface area contributed by atoms with Gasteiger partial charge < -0.3 is 15.7 Å². The van der Waals surface area contributed by atoms with E-state index in [1.165, 1.54) is 0 Å². The summed E-state index contributed by atoms with van der Waals surface area (Å²) >= 11 is 5.91. The third-order valence-corrected chi connectivity index (χ3v) is 3.52. The van der Waals surface area contributed by atoms with Crippen LogP contribution < -0.4 is 10.6 Å². The Bertz CT molecular complexity index is 494. The van der Waals surface area contributed by atoms with Gasteiger partial charge in [0.05, 0.1) is 6.04 Å². The number of hydrogen-bond acceptors (Lipinski definition) is 2. The van der Waals surface area contributed by atoms with E-state index in [2.05, 4.69) is 10.6 Å². The number of benzene rings is 1.